The number of hydrogen-bond acceptors (Lipinski definition) is 8. The predicted molar refractivity (Wildman–Crippen MR) is 392 cm³/mol. The average molecular weight is 1230 g/mol. The SMILES string of the molecule is CCCCCCCCCCCCC/C=C/[C@@H](O)[C@@H](N)CC.CCCCCCCCCCCCC/C=C/[C@@H](O)[C@@H](N)CCC.CCCCCCCCCCCCC/C=C/[C@@H](O)[C@@H](N)CCC.CCCCCCCCCCCCC/C=C/[C@@H](O)[C@@H](N)CCC. The van der Waals surface area contributed by atoms with Crippen LogP contribution in [-0.2, 0) is 0 Å². The van der Waals surface area contributed by atoms with Gasteiger partial charge in [0.25, 0.3) is 0 Å². The van der Waals surface area contributed by atoms with Gasteiger partial charge in [-0.05, 0) is 77.0 Å². The van der Waals surface area contributed by atoms with Crippen LogP contribution >= 0.6 is 0 Å². The summed E-state index contributed by atoms with van der Waals surface area (Å²) in [5, 5.41) is 39.1. The summed E-state index contributed by atoms with van der Waals surface area (Å²) in [6.07, 6.45) is 85.7. The van der Waals surface area contributed by atoms with Crippen LogP contribution in [0.2, 0.25) is 0 Å². The molecule has 0 aliphatic rings. The maximum Gasteiger partial charge on any atom is 0.0871 e. The lowest BCUT2D eigenvalue weighted by atomic mass is 10.0. The summed E-state index contributed by atoms with van der Waals surface area (Å²) < 4.78 is 0. The van der Waals surface area contributed by atoms with E-state index in [0.717, 1.165) is 70.6 Å². The maximum atomic E-state index is 9.81. The van der Waals surface area contributed by atoms with E-state index < -0.39 is 24.4 Å². The Morgan fingerprint density at radius 2 is 0.356 bits per heavy atom. The Balaban J connectivity index is -0.000000528. The van der Waals surface area contributed by atoms with Gasteiger partial charge >= 0.3 is 0 Å². The lowest BCUT2D eigenvalue weighted by Gasteiger charge is -2.14. The highest BCUT2D eigenvalue weighted by molar-refractivity contribution is 4.96. The number of aliphatic hydroxyl groups excluding tert-OH is 4. The van der Waals surface area contributed by atoms with Crippen LogP contribution in [0, 0.1) is 0 Å². The van der Waals surface area contributed by atoms with Crippen molar-refractivity contribution in [3.8, 4) is 0 Å². The maximum absolute atomic E-state index is 9.81. The van der Waals surface area contributed by atoms with Gasteiger partial charge in [-0.25, -0.2) is 0 Å². The molecule has 87 heavy (non-hydrogen) atoms. The van der Waals surface area contributed by atoms with E-state index in [1.807, 2.05) is 31.2 Å². The quantitative estimate of drug-likeness (QED) is 0.0218. The van der Waals surface area contributed by atoms with Gasteiger partial charge in [-0.15, -0.1) is 0 Å². The smallest absolute Gasteiger partial charge is 0.0871 e. The van der Waals surface area contributed by atoms with Crippen molar-refractivity contribution in [2.75, 3.05) is 0 Å². The van der Waals surface area contributed by atoms with Crippen LogP contribution in [-0.4, -0.2) is 69.0 Å². The lowest BCUT2D eigenvalue weighted by molar-refractivity contribution is 0.185. The highest BCUT2D eigenvalue weighted by Gasteiger charge is 2.12. The summed E-state index contributed by atoms with van der Waals surface area (Å²) in [5.41, 5.74) is 23.4. The highest BCUT2D eigenvalue weighted by atomic mass is 16.3. The van der Waals surface area contributed by atoms with Gasteiger partial charge in [0.2, 0.25) is 0 Å². The lowest BCUT2D eigenvalue weighted by Crippen LogP contribution is -2.32. The molecule has 0 fully saturated rings. The molecular formula is C79H162N4O4. The second-order valence-electron chi connectivity index (χ2n) is 26.4. The van der Waals surface area contributed by atoms with Crippen molar-refractivity contribution in [1.29, 1.82) is 0 Å². The molecule has 8 heteroatoms. The molecule has 0 saturated heterocycles. The first-order valence-corrected chi connectivity index (χ1v) is 38.8. The van der Waals surface area contributed by atoms with Gasteiger partial charge in [-0.2, -0.15) is 0 Å². The summed E-state index contributed by atoms with van der Waals surface area (Å²) in [6.45, 7) is 17.4. The first kappa shape index (κ1) is 92.0. The number of hydrogen-bond donors (Lipinski definition) is 8. The first-order chi connectivity index (χ1) is 42.4. The van der Waals surface area contributed by atoms with Crippen LogP contribution < -0.4 is 22.9 Å². The molecule has 0 saturated carbocycles. The zero-order chi connectivity index (χ0) is 65.2. The van der Waals surface area contributed by atoms with Crippen LogP contribution in [0.1, 0.15) is 409 Å². The zero-order valence-corrected chi connectivity index (χ0v) is 60.2. The Hall–Kier alpha value is -1.36. The van der Waals surface area contributed by atoms with Crippen molar-refractivity contribution < 1.29 is 20.4 Å². The third kappa shape index (κ3) is 78.8. The van der Waals surface area contributed by atoms with Crippen LogP contribution in [0.25, 0.3) is 0 Å². The molecule has 0 bridgehead atoms. The van der Waals surface area contributed by atoms with Crippen LogP contribution in [0.4, 0.5) is 0 Å². The summed E-state index contributed by atoms with van der Waals surface area (Å²) in [6, 6.07) is -0.408. The second-order valence-corrected chi connectivity index (χ2v) is 26.4. The average Bonchev–Trinajstić information content (AvgIpc) is 3.52. The molecule has 0 radical (unpaired) electrons. The number of allylic oxidation sites excluding steroid dienone is 4. The van der Waals surface area contributed by atoms with E-state index in [9.17, 15) is 20.4 Å². The minimum Gasteiger partial charge on any atom is -0.387 e. The fourth-order valence-corrected chi connectivity index (χ4v) is 11.0. The molecule has 0 amide bonds. The van der Waals surface area contributed by atoms with E-state index in [-0.39, 0.29) is 24.2 Å². The van der Waals surface area contributed by atoms with Gasteiger partial charge in [0.1, 0.15) is 0 Å². The van der Waals surface area contributed by atoms with Crippen molar-refractivity contribution in [2.45, 2.75) is 457 Å². The molecular weight excluding hydrogens is 1070 g/mol. The highest BCUT2D eigenvalue weighted by Crippen LogP contribution is 2.17. The van der Waals surface area contributed by atoms with Gasteiger partial charge in [0, 0.05) is 24.2 Å². The minimum atomic E-state index is -0.470. The summed E-state index contributed by atoms with van der Waals surface area (Å²) in [5.74, 6) is 0. The molecule has 12 N–H and O–H groups in total. The molecule has 522 valence electrons. The Morgan fingerprint density at radius 3 is 0.506 bits per heavy atom. The normalized spacial score (nSPS) is 14.6. The Bertz CT molecular complexity index is 1220. The van der Waals surface area contributed by atoms with Gasteiger partial charge in [-0.3, -0.25) is 0 Å². The fraction of sp³-hybridized carbons (Fsp3) is 0.899. The van der Waals surface area contributed by atoms with E-state index in [1.54, 1.807) is 0 Å². The Labute approximate surface area is 546 Å². The molecule has 0 aliphatic heterocycles. The molecule has 0 aromatic heterocycles. The summed E-state index contributed by atoms with van der Waals surface area (Å²) in [7, 11) is 0. The largest absolute Gasteiger partial charge is 0.387 e. The molecule has 0 spiro atoms. The van der Waals surface area contributed by atoms with E-state index in [1.165, 1.54) is 283 Å². The third-order valence-corrected chi connectivity index (χ3v) is 17.3. The van der Waals surface area contributed by atoms with Gasteiger partial charge in [-0.1, -0.05) is 380 Å². The van der Waals surface area contributed by atoms with Crippen molar-refractivity contribution in [1.82, 2.24) is 0 Å². The van der Waals surface area contributed by atoms with E-state index in [2.05, 4.69) is 72.8 Å². The fourth-order valence-electron chi connectivity index (χ4n) is 11.0. The molecule has 8 nitrogen and oxygen atoms in total. The summed E-state index contributed by atoms with van der Waals surface area (Å²) in [4.78, 5) is 0. The minimum absolute atomic E-state index is 0.0985. The Morgan fingerprint density at radius 1 is 0.207 bits per heavy atom. The zero-order valence-electron chi connectivity index (χ0n) is 60.2. The van der Waals surface area contributed by atoms with Crippen molar-refractivity contribution in [3.63, 3.8) is 0 Å². The molecule has 0 aromatic rings. The van der Waals surface area contributed by atoms with Crippen LogP contribution in [0.5, 0.6) is 0 Å². The monoisotopic (exact) mass is 1230 g/mol. The molecule has 8 atom stereocenters. The first-order valence-electron chi connectivity index (χ1n) is 38.8. The predicted octanol–water partition coefficient (Wildman–Crippen LogP) is 22.5. The van der Waals surface area contributed by atoms with Crippen molar-refractivity contribution in [2.24, 2.45) is 22.9 Å². The molecule has 0 heterocycles. The summed E-state index contributed by atoms with van der Waals surface area (Å²) >= 11 is 0. The molecule has 0 aliphatic carbocycles. The van der Waals surface area contributed by atoms with Crippen molar-refractivity contribution in [3.05, 3.63) is 48.6 Å². The van der Waals surface area contributed by atoms with E-state index in [4.69, 9.17) is 22.9 Å². The number of aliphatic hydroxyl groups is 4. The topological polar surface area (TPSA) is 185 Å². The number of rotatable bonds is 63. The standard InChI is InChI=1S/3C20H41NO.C19H39NO/c3*1-3-5-6-7-8-9-10-11-12-13-14-15-16-18-20(22)19(21)17-4-2;1-3-5-6-7-8-9-10-11-12-13-14-15-16-17-19(21)18(20)4-2/h3*16,18-20,22H,3-15,17,21H2,1-2H3;16-19,21H,3-15,20H2,1-2H3/b3*18-16+;17-16+/t3*19-,20+;18-,19+/m0000/s1. The van der Waals surface area contributed by atoms with Crippen molar-refractivity contribution >= 4 is 0 Å². The van der Waals surface area contributed by atoms with Crippen LogP contribution in [0.15, 0.2) is 48.6 Å². The Kier molecular flexibility index (Phi) is 85.4. The third-order valence-electron chi connectivity index (χ3n) is 17.3. The van der Waals surface area contributed by atoms with Gasteiger partial charge < -0.3 is 43.4 Å². The molecule has 0 rings (SSSR count). The second kappa shape index (κ2) is 80.7. The van der Waals surface area contributed by atoms with E-state index in [0.29, 0.717) is 0 Å². The van der Waals surface area contributed by atoms with E-state index >= 15 is 0 Å². The molecule has 0 unspecified atom stereocenters. The number of nitrogens with two attached hydrogens (primary N) is 4. The number of unbranched alkanes of at least 4 members (excludes halogenated alkanes) is 44. The van der Waals surface area contributed by atoms with Gasteiger partial charge in [0.15, 0.2) is 0 Å². The van der Waals surface area contributed by atoms with Crippen LogP contribution in [0.3, 0.4) is 0 Å². The van der Waals surface area contributed by atoms with Gasteiger partial charge in [0.05, 0.1) is 24.4 Å². The molecule has 0 aromatic carbocycles.